The predicted octanol–water partition coefficient (Wildman–Crippen LogP) is 4.21. The first kappa shape index (κ1) is 21.4. The zero-order valence-electron chi connectivity index (χ0n) is 15.8. The van der Waals surface area contributed by atoms with Crippen LogP contribution in [-0.2, 0) is 0 Å². The lowest BCUT2D eigenvalue weighted by molar-refractivity contribution is 0.111. The van der Waals surface area contributed by atoms with Gasteiger partial charge >= 0.3 is 0 Å². The van der Waals surface area contributed by atoms with Crippen molar-refractivity contribution in [3.05, 3.63) is 57.8 Å². The molecular formula is C20H14Cl2N4O4. The second kappa shape index (κ2) is 9.43. The third kappa shape index (κ3) is 4.29. The molecule has 0 fully saturated rings. The fourth-order valence-electron chi connectivity index (χ4n) is 2.54. The van der Waals surface area contributed by atoms with Crippen molar-refractivity contribution < 1.29 is 19.1 Å². The zero-order valence-corrected chi connectivity index (χ0v) is 17.3. The topological polar surface area (TPSA) is 104 Å². The van der Waals surface area contributed by atoms with Gasteiger partial charge in [-0.05, 0) is 12.1 Å². The van der Waals surface area contributed by atoms with Gasteiger partial charge in [-0.2, -0.15) is 0 Å². The third-order valence-corrected chi connectivity index (χ3v) is 4.61. The van der Waals surface area contributed by atoms with Gasteiger partial charge in [0.15, 0.2) is 12.6 Å². The molecular weight excluding hydrogens is 431 g/mol. The second-order valence-electron chi connectivity index (χ2n) is 5.72. The molecule has 0 aliphatic carbocycles. The minimum Gasteiger partial charge on any atom is -0.481 e. The molecule has 0 aliphatic heterocycles. The van der Waals surface area contributed by atoms with Crippen LogP contribution >= 0.6 is 23.2 Å². The summed E-state index contributed by atoms with van der Waals surface area (Å²) in [5.41, 5.74) is 2.81. The number of hydrogen-bond acceptors (Lipinski definition) is 8. The number of methoxy groups -OCH3 is 2. The average Bonchev–Trinajstić information content (AvgIpc) is 2.78. The maximum absolute atomic E-state index is 10.8. The quantitative estimate of drug-likeness (QED) is 0.431. The molecule has 0 unspecified atom stereocenters. The maximum atomic E-state index is 10.8. The molecule has 0 amide bonds. The van der Waals surface area contributed by atoms with Crippen LogP contribution in [0.15, 0.2) is 36.7 Å². The van der Waals surface area contributed by atoms with Gasteiger partial charge in [0.25, 0.3) is 0 Å². The van der Waals surface area contributed by atoms with Crippen molar-refractivity contribution >= 4 is 57.8 Å². The van der Waals surface area contributed by atoms with Crippen molar-refractivity contribution in [3.8, 4) is 11.8 Å². The molecule has 0 bridgehead atoms. The lowest BCUT2D eigenvalue weighted by Crippen LogP contribution is -1.94. The summed E-state index contributed by atoms with van der Waals surface area (Å²) in [6.45, 7) is 0. The van der Waals surface area contributed by atoms with E-state index in [9.17, 15) is 9.59 Å². The summed E-state index contributed by atoms with van der Waals surface area (Å²) in [5.74, 6) is 0.851. The van der Waals surface area contributed by atoms with Gasteiger partial charge in [0.1, 0.15) is 11.0 Å². The van der Waals surface area contributed by atoms with Crippen molar-refractivity contribution in [3.63, 3.8) is 0 Å². The van der Waals surface area contributed by atoms with Gasteiger partial charge in [-0.3, -0.25) is 19.6 Å². The molecule has 4 rings (SSSR count). The Morgan fingerprint density at radius 3 is 1.47 bits per heavy atom. The molecule has 10 heteroatoms. The number of pyridine rings is 4. The Morgan fingerprint density at radius 1 is 0.733 bits per heavy atom. The number of rotatable bonds is 4. The Kier molecular flexibility index (Phi) is 6.71. The van der Waals surface area contributed by atoms with E-state index >= 15 is 0 Å². The first-order valence-corrected chi connectivity index (χ1v) is 9.16. The first-order valence-electron chi connectivity index (χ1n) is 8.41. The van der Waals surface area contributed by atoms with Crippen LogP contribution in [0.1, 0.15) is 20.7 Å². The smallest absolute Gasteiger partial charge is 0.213 e. The van der Waals surface area contributed by atoms with Gasteiger partial charge in [0.2, 0.25) is 11.8 Å². The minimum atomic E-state index is 0.290. The van der Waals surface area contributed by atoms with Crippen molar-refractivity contribution in [1.29, 1.82) is 0 Å². The number of carbonyl (C=O) groups excluding carboxylic acids is 2. The SMILES string of the molecule is COc1ccc2ncc(Cl)c(C=O)c2n1.COc1ccc2ncc(Cl)c(C=O)c2n1. The van der Waals surface area contributed by atoms with Crippen LogP contribution in [0.2, 0.25) is 10.0 Å². The third-order valence-electron chi connectivity index (χ3n) is 4.01. The first-order chi connectivity index (χ1) is 14.5. The summed E-state index contributed by atoms with van der Waals surface area (Å²) in [7, 11) is 3.01. The summed E-state index contributed by atoms with van der Waals surface area (Å²) in [5, 5.41) is 0.580. The molecule has 0 N–H and O–H groups in total. The van der Waals surface area contributed by atoms with Crippen LogP contribution in [0.3, 0.4) is 0 Å². The summed E-state index contributed by atoms with van der Waals surface area (Å²) in [6, 6.07) is 6.81. The van der Waals surface area contributed by atoms with E-state index in [-0.39, 0.29) is 0 Å². The van der Waals surface area contributed by atoms with E-state index in [2.05, 4.69) is 19.9 Å². The Hall–Kier alpha value is -3.36. The molecule has 0 saturated heterocycles. The number of halogens is 2. The molecule has 4 aromatic heterocycles. The molecule has 8 nitrogen and oxygen atoms in total. The van der Waals surface area contributed by atoms with E-state index in [1.807, 2.05) is 0 Å². The fourth-order valence-corrected chi connectivity index (χ4v) is 2.91. The van der Waals surface area contributed by atoms with Crippen molar-refractivity contribution in [2.45, 2.75) is 0 Å². The molecule has 152 valence electrons. The Labute approximate surface area is 180 Å². The van der Waals surface area contributed by atoms with E-state index in [1.54, 1.807) is 24.3 Å². The van der Waals surface area contributed by atoms with Crippen LogP contribution in [0.25, 0.3) is 22.1 Å². The lowest BCUT2D eigenvalue weighted by Gasteiger charge is -2.03. The van der Waals surface area contributed by atoms with Crippen LogP contribution in [0, 0.1) is 0 Å². The highest BCUT2D eigenvalue weighted by atomic mass is 35.5. The van der Waals surface area contributed by atoms with Crippen LogP contribution in [-0.4, -0.2) is 46.7 Å². The van der Waals surface area contributed by atoms with E-state index in [1.165, 1.54) is 26.6 Å². The molecule has 0 radical (unpaired) electrons. The van der Waals surface area contributed by atoms with Crippen LogP contribution < -0.4 is 9.47 Å². The van der Waals surface area contributed by atoms with Crippen molar-refractivity contribution in [2.24, 2.45) is 0 Å². The molecule has 0 saturated carbocycles. The minimum absolute atomic E-state index is 0.290. The second-order valence-corrected chi connectivity index (χ2v) is 6.53. The number of carbonyl (C=O) groups is 2. The van der Waals surface area contributed by atoms with E-state index in [0.717, 1.165) is 0 Å². The molecule has 0 spiro atoms. The standard InChI is InChI=1S/2C10H7ClN2O2/c2*1-15-9-3-2-8-10(13-9)6(5-14)7(11)4-12-8/h2*2-5H,1H3. The van der Waals surface area contributed by atoms with Crippen molar-refractivity contribution in [2.75, 3.05) is 14.2 Å². The summed E-state index contributed by atoms with van der Waals surface area (Å²) >= 11 is 11.6. The number of ether oxygens (including phenoxy) is 2. The van der Waals surface area contributed by atoms with Gasteiger partial charge < -0.3 is 9.47 Å². The van der Waals surface area contributed by atoms with Crippen molar-refractivity contribution in [1.82, 2.24) is 19.9 Å². The normalized spacial score (nSPS) is 10.3. The summed E-state index contributed by atoms with van der Waals surface area (Å²) in [6.07, 6.45) is 4.20. The number of hydrogen-bond donors (Lipinski definition) is 0. The van der Waals surface area contributed by atoms with Gasteiger partial charge in [-0.25, -0.2) is 9.97 Å². The zero-order chi connectivity index (χ0) is 21.7. The molecule has 0 aliphatic rings. The van der Waals surface area contributed by atoms with Crippen LogP contribution in [0.5, 0.6) is 11.8 Å². The number of aromatic nitrogens is 4. The van der Waals surface area contributed by atoms with Crippen LogP contribution in [0.4, 0.5) is 0 Å². The van der Waals surface area contributed by atoms with Gasteiger partial charge in [-0.15, -0.1) is 0 Å². The molecule has 0 atom stereocenters. The van der Waals surface area contributed by atoms with E-state index < -0.39 is 0 Å². The Balaban J connectivity index is 0.000000171. The molecule has 30 heavy (non-hydrogen) atoms. The molecule has 4 aromatic rings. The highest BCUT2D eigenvalue weighted by Crippen LogP contribution is 2.24. The average molecular weight is 445 g/mol. The predicted molar refractivity (Wildman–Crippen MR) is 113 cm³/mol. The molecule has 4 heterocycles. The van der Waals surface area contributed by atoms with E-state index in [4.69, 9.17) is 32.7 Å². The van der Waals surface area contributed by atoms with Gasteiger partial charge in [-0.1, -0.05) is 23.2 Å². The maximum Gasteiger partial charge on any atom is 0.213 e. The number of fused-ring (bicyclic) bond motifs is 2. The monoisotopic (exact) mass is 444 g/mol. The van der Waals surface area contributed by atoms with Gasteiger partial charge in [0.05, 0.1) is 46.4 Å². The fraction of sp³-hybridized carbons (Fsp3) is 0.100. The highest BCUT2D eigenvalue weighted by Gasteiger charge is 2.10. The number of nitrogens with zero attached hydrogens (tertiary/aromatic N) is 4. The summed E-state index contributed by atoms with van der Waals surface area (Å²) < 4.78 is 9.93. The summed E-state index contributed by atoms with van der Waals surface area (Å²) in [4.78, 5) is 38.1. The van der Waals surface area contributed by atoms with Gasteiger partial charge in [0, 0.05) is 24.5 Å². The lowest BCUT2D eigenvalue weighted by atomic mass is 10.2. The molecule has 0 aromatic carbocycles. The Bertz CT molecular complexity index is 1150. The largest absolute Gasteiger partial charge is 0.481 e. The number of aldehydes is 2. The van der Waals surface area contributed by atoms with E-state index in [0.29, 0.717) is 67.6 Å². The Morgan fingerprint density at radius 2 is 1.13 bits per heavy atom. The highest BCUT2D eigenvalue weighted by molar-refractivity contribution is 6.34.